The molecule has 0 spiro atoms. The number of aromatic nitrogens is 2. The van der Waals surface area contributed by atoms with Gasteiger partial charge in [-0.2, -0.15) is 5.10 Å². The highest BCUT2D eigenvalue weighted by Crippen LogP contribution is 2.24. The standard InChI is InChI=1S/C13H14BrN3O3/c1-2-5-16-8-12(7-15-16)20-9-10-3-4-11(14)6-13(10)17(18)19/h3-4,6-8H,2,5,9H2,1H3. The van der Waals surface area contributed by atoms with Gasteiger partial charge in [-0.1, -0.05) is 22.9 Å². The highest BCUT2D eigenvalue weighted by atomic mass is 79.9. The van der Waals surface area contributed by atoms with Crippen LogP contribution < -0.4 is 4.74 Å². The van der Waals surface area contributed by atoms with Crippen molar-refractivity contribution in [2.24, 2.45) is 0 Å². The lowest BCUT2D eigenvalue weighted by atomic mass is 10.2. The first-order valence-electron chi connectivity index (χ1n) is 6.18. The summed E-state index contributed by atoms with van der Waals surface area (Å²) >= 11 is 3.22. The molecule has 0 bridgehead atoms. The first kappa shape index (κ1) is 14.5. The summed E-state index contributed by atoms with van der Waals surface area (Å²) in [7, 11) is 0. The van der Waals surface area contributed by atoms with Crippen LogP contribution in [0.5, 0.6) is 5.75 Å². The normalized spacial score (nSPS) is 10.5. The summed E-state index contributed by atoms with van der Waals surface area (Å²) in [6, 6.07) is 4.91. The van der Waals surface area contributed by atoms with Crippen LogP contribution in [0.25, 0.3) is 0 Å². The summed E-state index contributed by atoms with van der Waals surface area (Å²) in [5, 5.41) is 15.1. The van der Waals surface area contributed by atoms with Crippen molar-refractivity contribution in [3.05, 3.63) is 50.7 Å². The molecule has 106 valence electrons. The molecule has 20 heavy (non-hydrogen) atoms. The number of halogens is 1. The Morgan fingerprint density at radius 1 is 1.50 bits per heavy atom. The molecule has 0 fully saturated rings. The second-order valence-corrected chi connectivity index (χ2v) is 5.17. The van der Waals surface area contributed by atoms with Crippen molar-refractivity contribution in [2.75, 3.05) is 0 Å². The zero-order valence-corrected chi connectivity index (χ0v) is 12.5. The molecule has 7 heteroatoms. The van der Waals surface area contributed by atoms with Crippen molar-refractivity contribution in [2.45, 2.75) is 26.5 Å². The van der Waals surface area contributed by atoms with Gasteiger partial charge in [-0.25, -0.2) is 0 Å². The Balaban J connectivity index is 2.08. The van der Waals surface area contributed by atoms with E-state index in [1.165, 1.54) is 6.07 Å². The number of hydrogen-bond acceptors (Lipinski definition) is 4. The molecule has 0 aliphatic carbocycles. The van der Waals surface area contributed by atoms with Crippen molar-refractivity contribution in [1.29, 1.82) is 0 Å². The van der Waals surface area contributed by atoms with E-state index in [0.29, 0.717) is 15.8 Å². The summed E-state index contributed by atoms with van der Waals surface area (Å²) in [5.74, 6) is 0.607. The van der Waals surface area contributed by atoms with Gasteiger partial charge in [0.05, 0.1) is 22.9 Å². The first-order chi connectivity index (χ1) is 9.60. The van der Waals surface area contributed by atoms with Crippen molar-refractivity contribution >= 4 is 21.6 Å². The quantitative estimate of drug-likeness (QED) is 0.596. The largest absolute Gasteiger partial charge is 0.485 e. The smallest absolute Gasteiger partial charge is 0.277 e. The molecule has 1 aromatic carbocycles. The number of nitro benzene ring substituents is 1. The van der Waals surface area contributed by atoms with Crippen LogP contribution >= 0.6 is 15.9 Å². The number of hydrogen-bond donors (Lipinski definition) is 0. The van der Waals surface area contributed by atoms with E-state index in [-0.39, 0.29) is 12.3 Å². The highest BCUT2D eigenvalue weighted by molar-refractivity contribution is 9.10. The van der Waals surface area contributed by atoms with Gasteiger partial charge >= 0.3 is 0 Å². The molecule has 1 aromatic heterocycles. The molecule has 0 atom stereocenters. The molecule has 0 saturated carbocycles. The van der Waals surface area contributed by atoms with Gasteiger partial charge in [0.2, 0.25) is 0 Å². The van der Waals surface area contributed by atoms with Crippen molar-refractivity contribution in [3.8, 4) is 5.75 Å². The monoisotopic (exact) mass is 339 g/mol. The van der Waals surface area contributed by atoms with Crippen molar-refractivity contribution in [1.82, 2.24) is 9.78 Å². The minimum Gasteiger partial charge on any atom is -0.485 e. The van der Waals surface area contributed by atoms with Crippen LogP contribution in [0.2, 0.25) is 0 Å². The second-order valence-electron chi connectivity index (χ2n) is 4.26. The molecule has 2 aromatic rings. The summed E-state index contributed by atoms with van der Waals surface area (Å²) in [6.07, 6.45) is 4.38. The number of nitrogens with zero attached hydrogens (tertiary/aromatic N) is 3. The van der Waals surface area contributed by atoms with Gasteiger partial charge in [-0.05, 0) is 18.6 Å². The predicted molar refractivity (Wildman–Crippen MR) is 77.6 cm³/mol. The fraction of sp³-hybridized carbons (Fsp3) is 0.308. The molecule has 1 heterocycles. The molecule has 0 amide bonds. The van der Waals surface area contributed by atoms with E-state index in [0.717, 1.165) is 13.0 Å². The highest BCUT2D eigenvalue weighted by Gasteiger charge is 2.14. The van der Waals surface area contributed by atoms with Crippen molar-refractivity contribution in [3.63, 3.8) is 0 Å². The molecular weight excluding hydrogens is 326 g/mol. The minimum atomic E-state index is -0.413. The summed E-state index contributed by atoms with van der Waals surface area (Å²) in [5.41, 5.74) is 0.571. The van der Waals surface area contributed by atoms with Gasteiger partial charge in [-0.3, -0.25) is 14.8 Å². The maximum atomic E-state index is 11.0. The molecule has 6 nitrogen and oxygen atoms in total. The zero-order chi connectivity index (χ0) is 14.5. The Kier molecular flexibility index (Phi) is 4.73. The molecule has 0 aliphatic rings. The van der Waals surface area contributed by atoms with E-state index < -0.39 is 4.92 Å². The molecular formula is C13H14BrN3O3. The average molecular weight is 340 g/mol. The molecule has 0 radical (unpaired) electrons. The third-order valence-corrected chi connectivity index (χ3v) is 3.19. The molecule has 2 rings (SSSR count). The van der Waals surface area contributed by atoms with Gasteiger partial charge in [0.25, 0.3) is 5.69 Å². The SMILES string of the molecule is CCCn1cc(OCc2ccc(Br)cc2[N+](=O)[O-])cn1. The lowest BCUT2D eigenvalue weighted by Crippen LogP contribution is -2.00. The Hall–Kier alpha value is -1.89. The molecule has 0 N–H and O–H groups in total. The van der Waals surface area contributed by atoms with Gasteiger partial charge in [0.15, 0.2) is 5.75 Å². The molecule has 0 aliphatic heterocycles. The van der Waals surface area contributed by atoms with Gasteiger partial charge in [0, 0.05) is 17.1 Å². The number of nitro groups is 1. The maximum Gasteiger partial charge on any atom is 0.277 e. The fourth-order valence-corrected chi connectivity index (χ4v) is 2.11. The Morgan fingerprint density at radius 2 is 2.30 bits per heavy atom. The number of aryl methyl sites for hydroxylation is 1. The minimum absolute atomic E-state index is 0.0420. The second kappa shape index (κ2) is 6.51. The van der Waals surface area contributed by atoms with Crippen molar-refractivity contribution < 1.29 is 9.66 Å². The van der Waals surface area contributed by atoms with Crippen LogP contribution in [-0.4, -0.2) is 14.7 Å². The molecule has 0 unspecified atom stereocenters. The number of rotatable bonds is 6. The van der Waals surface area contributed by atoms with Crippen LogP contribution in [0.4, 0.5) is 5.69 Å². The third-order valence-electron chi connectivity index (χ3n) is 2.70. The average Bonchev–Trinajstić information content (AvgIpc) is 2.85. The van der Waals surface area contributed by atoms with E-state index in [2.05, 4.69) is 28.0 Å². The van der Waals surface area contributed by atoms with E-state index >= 15 is 0 Å². The van der Waals surface area contributed by atoms with Crippen LogP contribution in [-0.2, 0) is 13.2 Å². The van der Waals surface area contributed by atoms with Gasteiger partial charge < -0.3 is 4.74 Å². The van der Waals surface area contributed by atoms with E-state index in [4.69, 9.17) is 4.74 Å². The Labute approximate surface area is 124 Å². The van der Waals surface area contributed by atoms with E-state index in [9.17, 15) is 10.1 Å². The Bertz CT molecular complexity index is 613. The van der Waals surface area contributed by atoms with Crippen LogP contribution in [0, 0.1) is 10.1 Å². The van der Waals surface area contributed by atoms with Crippen LogP contribution in [0.15, 0.2) is 35.1 Å². The predicted octanol–water partition coefficient (Wildman–Crippen LogP) is 3.54. The lowest BCUT2D eigenvalue weighted by molar-refractivity contribution is -0.385. The molecule has 0 saturated heterocycles. The van der Waals surface area contributed by atoms with E-state index in [1.807, 2.05) is 0 Å². The zero-order valence-electron chi connectivity index (χ0n) is 11.0. The maximum absolute atomic E-state index is 11.0. The number of benzene rings is 1. The van der Waals surface area contributed by atoms with Gasteiger partial charge in [-0.15, -0.1) is 0 Å². The van der Waals surface area contributed by atoms with Crippen LogP contribution in [0.3, 0.4) is 0 Å². The van der Waals surface area contributed by atoms with Crippen LogP contribution in [0.1, 0.15) is 18.9 Å². The van der Waals surface area contributed by atoms with Gasteiger partial charge in [0.1, 0.15) is 6.61 Å². The van der Waals surface area contributed by atoms with E-state index in [1.54, 1.807) is 29.2 Å². The fourth-order valence-electron chi connectivity index (χ4n) is 1.76. The summed E-state index contributed by atoms with van der Waals surface area (Å²) < 4.78 is 8.00. The summed E-state index contributed by atoms with van der Waals surface area (Å²) in [4.78, 5) is 10.6. The lowest BCUT2D eigenvalue weighted by Gasteiger charge is -2.05. The third kappa shape index (κ3) is 3.57. The first-order valence-corrected chi connectivity index (χ1v) is 6.97. The Morgan fingerprint density at radius 3 is 3.00 bits per heavy atom. The number of ether oxygens (including phenoxy) is 1. The summed E-state index contributed by atoms with van der Waals surface area (Å²) in [6.45, 7) is 3.02. The topological polar surface area (TPSA) is 70.2 Å².